The molecule has 88 valence electrons. The van der Waals surface area contributed by atoms with Crippen molar-refractivity contribution in [3.63, 3.8) is 0 Å². The normalized spacial score (nSPS) is 10.6. The molecular formula is C13H8Cl2F2. The fraction of sp³-hybridized carbons (Fsp3) is 0.0769. The molecular weight excluding hydrogens is 265 g/mol. The zero-order chi connectivity index (χ0) is 12.4. The Morgan fingerprint density at radius 2 is 1.82 bits per heavy atom. The fourth-order valence-electron chi connectivity index (χ4n) is 1.61. The Labute approximate surface area is 108 Å². The lowest BCUT2D eigenvalue weighted by Crippen LogP contribution is -1.90. The van der Waals surface area contributed by atoms with Crippen LogP contribution in [0, 0.1) is 11.6 Å². The first-order valence-corrected chi connectivity index (χ1v) is 5.83. The average molecular weight is 273 g/mol. The number of benzene rings is 2. The molecule has 0 aromatic heterocycles. The first kappa shape index (κ1) is 12.3. The van der Waals surface area contributed by atoms with Gasteiger partial charge >= 0.3 is 0 Å². The van der Waals surface area contributed by atoms with Crippen molar-refractivity contribution in [1.82, 2.24) is 0 Å². The van der Waals surface area contributed by atoms with Crippen LogP contribution in [0.5, 0.6) is 0 Å². The van der Waals surface area contributed by atoms with Crippen molar-refractivity contribution in [3.8, 4) is 11.1 Å². The summed E-state index contributed by atoms with van der Waals surface area (Å²) in [7, 11) is 0. The van der Waals surface area contributed by atoms with E-state index in [1.807, 2.05) is 0 Å². The molecule has 4 heteroatoms. The molecule has 0 N–H and O–H groups in total. The van der Waals surface area contributed by atoms with Crippen LogP contribution in [0.4, 0.5) is 8.78 Å². The van der Waals surface area contributed by atoms with Crippen LogP contribution in [0.1, 0.15) is 5.56 Å². The second kappa shape index (κ2) is 5.03. The van der Waals surface area contributed by atoms with E-state index < -0.39 is 11.6 Å². The molecule has 2 aromatic carbocycles. The van der Waals surface area contributed by atoms with E-state index in [2.05, 4.69) is 0 Å². The summed E-state index contributed by atoms with van der Waals surface area (Å²) in [6, 6.07) is 8.99. The Morgan fingerprint density at radius 3 is 2.53 bits per heavy atom. The summed E-state index contributed by atoms with van der Waals surface area (Å²) in [4.78, 5) is 0. The van der Waals surface area contributed by atoms with Crippen LogP contribution in [0.15, 0.2) is 36.4 Å². The minimum absolute atomic E-state index is 0.180. The highest BCUT2D eigenvalue weighted by Gasteiger charge is 2.10. The molecule has 0 amide bonds. The fourth-order valence-corrected chi connectivity index (χ4v) is 2.02. The smallest absolute Gasteiger partial charge is 0.166 e. The molecule has 0 aliphatic heterocycles. The SMILES string of the molecule is Fc1cccc(-c2cc(Cl)cc(CCl)c2)c1F. The summed E-state index contributed by atoms with van der Waals surface area (Å²) >= 11 is 11.6. The third kappa shape index (κ3) is 2.59. The lowest BCUT2D eigenvalue weighted by Gasteiger charge is -2.07. The van der Waals surface area contributed by atoms with Crippen LogP contribution in [0.3, 0.4) is 0 Å². The number of hydrogen-bond donors (Lipinski definition) is 0. The van der Waals surface area contributed by atoms with E-state index >= 15 is 0 Å². The number of rotatable bonds is 2. The minimum Gasteiger partial charge on any atom is -0.204 e. The van der Waals surface area contributed by atoms with Crippen molar-refractivity contribution >= 4 is 23.2 Å². The van der Waals surface area contributed by atoms with Crippen LogP contribution in [0.25, 0.3) is 11.1 Å². The zero-order valence-electron chi connectivity index (χ0n) is 8.68. The molecule has 0 bridgehead atoms. The standard InChI is InChI=1S/C13H8Cl2F2/c14-7-8-4-9(6-10(15)5-8)11-2-1-3-12(16)13(11)17/h1-6H,7H2. The van der Waals surface area contributed by atoms with Gasteiger partial charge in [-0.15, -0.1) is 11.6 Å². The first-order chi connectivity index (χ1) is 8.11. The first-order valence-electron chi connectivity index (χ1n) is 4.91. The van der Waals surface area contributed by atoms with Gasteiger partial charge in [0.25, 0.3) is 0 Å². The van der Waals surface area contributed by atoms with E-state index in [1.54, 1.807) is 18.2 Å². The van der Waals surface area contributed by atoms with Gasteiger partial charge in [0.15, 0.2) is 11.6 Å². The monoisotopic (exact) mass is 272 g/mol. The Kier molecular flexibility index (Phi) is 3.65. The molecule has 2 rings (SSSR count). The summed E-state index contributed by atoms with van der Waals surface area (Å²) < 4.78 is 26.7. The van der Waals surface area contributed by atoms with Gasteiger partial charge in [-0.25, -0.2) is 8.78 Å². The molecule has 0 radical (unpaired) electrons. The van der Waals surface area contributed by atoms with Crippen molar-refractivity contribution in [2.45, 2.75) is 5.88 Å². The van der Waals surface area contributed by atoms with Gasteiger partial charge in [0, 0.05) is 16.5 Å². The number of alkyl halides is 1. The highest BCUT2D eigenvalue weighted by atomic mass is 35.5. The van der Waals surface area contributed by atoms with Crippen LogP contribution in [0.2, 0.25) is 5.02 Å². The average Bonchev–Trinajstić information content (AvgIpc) is 2.31. The summed E-state index contributed by atoms with van der Waals surface area (Å²) in [5, 5.41) is 0.446. The van der Waals surface area contributed by atoms with Gasteiger partial charge in [-0.3, -0.25) is 0 Å². The van der Waals surface area contributed by atoms with E-state index in [9.17, 15) is 8.78 Å². The minimum atomic E-state index is -0.880. The Balaban J connectivity index is 2.60. The van der Waals surface area contributed by atoms with Gasteiger partial charge in [-0.1, -0.05) is 23.7 Å². The number of halogens is 4. The van der Waals surface area contributed by atoms with E-state index in [0.717, 1.165) is 11.6 Å². The van der Waals surface area contributed by atoms with Crippen LogP contribution < -0.4 is 0 Å². The van der Waals surface area contributed by atoms with Crippen LogP contribution in [-0.2, 0) is 5.88 Å². The molecule has 0 aliphatic rings. The van der Waals surface area contributed by atoms with Gasteiger partial charge in [0.05, 0.1) is 0 Å². The van der Waals surface area contributed by atoms with Crippen molar-refractivity contribution in [1.29, 1.82) is 0 Å². The van der Waals surface area contributed by atoms with E-state index in [1.165, 1.54) is 12.1 Å². The third-order valence-corrected chi connectivity index (χ3v) is 2.90. The van der Waals surface area contributed by atoms with Crippen molar-refractivity contribution in [2.24, 2.45) is 0 Å². The van der Waals surface area contributed by atoms with Gasteiger partial charge in [-0.05, 0) is 35.4 Å². The molecule has 0 aliphatic carbocycles. The predicted molar refractivity (Wildman–Crippen MR) is 66.4 cm³/mol. The highest BCUT2D eigenvalue weighted by Crippen LogP contribution is 2.28. The summed E-state index contributed by atoms with van der Waals surface area (Å²) in [5.41, 5.74) is 1.46. The maximum Gasteiger partial charge on any atom is 0.166 e. The van der Waals surface area contributed by atoms with Gasteiger partial charge in [-0.2, -0.15) is 0 Å². The maximum atomic E-state index is 13.6. The van der Waals surface area contributed by atoms with Gasteiger partial charge in [0.1, 0.15) is 0 Å². The Bertz CT molecular complexity index is 553. The summed E-state index contributed by atoms with van der Waals surface area (Å²) in [5.74, 6) is -1.49. The van der Waals surface area contributed by atoms with Gasteiger partial charge < -0.3 is 0 Å². The molecule has 0 saturated heterocycles. The zero-order valence-corrected chi connectivity index (χ0v) is 10.2. The molecule has 17 heavy (non-hydrogen) atoms. The van der Waals surface area contributed by atoms with Crippen LogP contribution >= 0.6 is 23.2 Å². The summed E-state index contributed by atoms with van der Waals surface area (Å²) in [6.45, 7) is 0. The lowest BCUT2D eigenvalue weighted by atomic mass is 10.0. The molecule has 0 atom stereocenters. The number of hydrogen-bond acceptors (Lipinski definition) is 0. The van der Waals surface area contributed by atoms with E-state index in [0.29, 0.717) is 10.6 Å². The van der Waals surface area contributed by atoms with Crippen molar-refractivity contribution in [2.75, 3.05) is 0 Å². The molecule has 0 heterocycles. The molecule has 0 nitrogen and oxygen atoms in total. The predicted octanol–water partition coefficient (Wildman–Crippen LogP) is 5.02. The topological polar surface area (TPSA) is 0 Å². The summed E-state index contributed by atoms with van der Waals surface area (Å²) in [6.07, 6.45) is 0. The molecule has 0 saturated carbocycles. The third-order valence-electron chi connectivity index (χ3n) is 2.37. The second-order valence-electron chi connectivity index (χ2n) is 3.58. The quantitative estimate of drug-likeness (QED) is 0.673. The highest BCUT2D eigenvalue weighted by molar-refractivity contribution is 6.31. The molecule has 0 spiro atoms. The molecule has 0 unspecified atom stereocenters. The van der Waals surface area contributed by atoms with Gasteiger partial charge in [0.2, 0.25) is 0 Å². The largest absolute Gasteiger partial charge is 0.204 e. The molecule has 0 fully saturated rings. The Morgan fingerprint density at radius 1 is 1.06 bits per heavy atom. The maximum absolute atomic E-state index is 13.6. The van der Waals surface area contributed by atoms with Crippen molar-refractivity contribution in [3.05, 3.63) is 58.6 Å². The van der Waals surface area contributed by atoms with Crippen LogP contribution in [-0.4, -0.2) is 0 Å². The second-order valence-corrected chi connectivity index (χ2v) is 4.29. The lowest BCUT2D eigenvalue weighted by molar-refractivity contribution is 0.511. The Hall–Kier alpha value is -1.12. The van der Waals surface area contributed by atoms with E-state index in [-0.39, 0.29) is 11.4 Å². The molecule has 2 aromatic rings. The van der Waals surface area contributed by atoms with Crippen molar-refractivity contribution < 1.29 is 8.78 Å². The van der Waals surface area contributed by atoms with E-state index in [4.69, 9.17) is 23.2 Å².